The van der Waals surface area contributed by atoms with Crippen molar-refractivity contribution in [1.82, 2.24) is 24.6 Å². The predicted octanol–water partition coefficient (Wildman–Crippen LogP) is 1.77. The van der Waals surface area contributed by atoms with Gasteiger partial charge in [-0.3, -0.25) is 14.9 Å². The fraction of sp³-hybridized carbons (Fsp3) is 0.316. The Hall–Kier alpha value is -3.49. The molecule has 0 bridgehead atoms. The normalized spacial score (nSPS) is 11.0. The van der Waals surface area contributed by atoms with Crippen molar-refractivity contribution in [2.45, 2.75) is 26.8 Å². The number of ether oxygens (including phenoxy) is 1. The summed E-state index contributed by atoms with van der Waals surface area (Å²) in [5.41, 5.74) is 1.80. The van der Waals surface area contributed by atoms with Gasteiger partial charge in [0.25, 0.3) is 11.8 Å². The van der Waals surface area contributed by atoms with E-state index in [1.165, 1.54) is 0 Å². The molecule has 0 aromatic carbocycles. The molecule has 0 radical (unpaired) electrons. The van der Waals surface area contributed by atoms with Gasteiger partial charge in [-0.2, -0.15) is 5.10 Å². The average molecular weight is 383 g/mol. The summed E-state index contributed by atoms with van der Waals surface area (Å²) in [6.45, 7) is 5.11. The lowest BCUT2D eigenvalue weighted by Gasteiger charge is -2.09. The van der Waals surface area contributed by atoms with Crippen LogP contribution in [0.4, 0.5) is 0 Å². The van der Waals surface area contributed by atoms with E-state index in [9.17, 15) is 14.4 Å². The van der Waals surface area contributed by atoms with Crippen molar-refractivity contribution in [3.05, 3.63) is 47.5 Å². The van der Waals surface area contributed by atoms with Crippen LogP contribution in [0.2, 0.25) is 0 Å². The second-order valence-corrected chi connectivity index (χ2v) is 6.69. The maximum atomic E-state index is 12.5. The standard InChI is InChI=1S/C19H21N5O4/c1-11(2)24-17-14(9-20-24)13(8-12(3)21-17)19(27)28-10-16(25)22-18(26)15-6-5-7-23(15)4/h5-9,11H,10H2,1-4H3,(H,22,25,26). The second-order valence-electron chi connectivity index (χ2n) is 6.69. The molecule has 1 N–H and O–H groups in total. The van der Waals surface area contributed by atoms with Gasteiger partial charge >= 0.3 is 5.97 Å². The van der Waals surface area contributed by atoms with Gasteiger partial charge in [0.1, 0.15) is 5.69 Å². The minimum atomic E-state index is -0.709. The van der Waals surface area contributed by atoms with Crippen LogP contribution in [-0.2, 0) is 16.6 Å². The van der Waals surface area contributed by atoms with E-state index in [1.807, 2.05) is 13.8 Å². The van der Waals surface area contributed by atoms with Crippen LogP contribution in [0.1, 0.15) is 46.4 Å². The Morgan fingerprint density at radius 1 is 1.29 bits per heavy atom. The van der Waals surface area contributed by atoms with E-state index in [-0.39, 0.29) is 11.6 Å². The highest BCUT2D eigenvalue weighted by molar-refractivity contribution is 6.06. The zero-order chi connectivity index (χ0) is 20.4. The molecule has 0 atom stereocenters. The van der Waals surface area contributed by atoms with Gasteiger partial charge in [-0.1, -0.05) is 0 Å². The largest absolute Gasteiger partial charge is 0.452 e. The lowest BCUT2D eigenvalue weighted by Crippen LogP contribution is -2.35. The summed E-state index contributed by atoms with van der Waals surface area (Å²) in [6.07, 6.45) is 3.24. The molecule has 0 fully saturated rings. The quantitative estimate of drug-likeness (QED) is 0.673. The Kier molecular flexibility index (Phi) is 5.25. The highest BCUT2D eigenvalue weighted by Gasteiger charge is 2.20. The van der Waals surface area contributed by atoms with Crippen LogP contribution in [0, 0.1) is 6.92 Å². The molecule has 3 aromatic heterocycles. The molecule has 0 aliphatic rings. The Balaban J connectivity index is 1.70. The average Bonchev–Trinajstić information content (AvgIpc) is 3.24. The van der Waals surface area contributed by atoms with E-state index in [4.69, 9.17) is 4.74 Å². The molecule has 146 valence electrons. The molecule has 3 rings (SSSR count). The number of rotatable bonds is 5. The van der Waals surface area contributed by atoms with Gasteiger partial charge in [-0.25, -0.2) is 14.5 Å². The summed E-state index contributed by atoms with van der Waals surface area (Å²) in [4.78, 5) is 40.9. The predicted molar refractivity (Wildman–Crippen MR) is 101 cm³/mol. The van der Waals surface area contributed by atoms with Gasteiger partial charge in [-0.15, -0.1) is 0 Å². The van der Waals surface area contributed by atoms with Crippen molar-refractivity contribution in [3.63, 3.8) is 0 Å². The van der Waals surface area contributed by atoms with Crippen LogP contribution >= 0.6 is 0 Å². The van der Waals surface area contributed by atoms with Crippen molar-refractivity contribution >= 4 is 28.8 Å². The van der Waals surface area contributed by atoms with Crippen molar-refractivity contribution in [2.24, 2.45) is 7.05 Å². The highest BCUT2D eigenvalue weighted by Crippen LogP contribution is 2.21. The van der Waals surface area contributed by atoms with E-state index in [0.29, 0.717) is 22.4 Å². The molecule has 0 saturated carbocycles. The molecule has 9 nitrogen and oxygen atoms in total. The molecule has 2 amide bonds. The van der Waals surface area contributed by atoms with Gasteiger partial charge in [0.2, 0.25) is 0 Å². The molecule has 0 aliphatic carbocycles. The number of amides is 2. The zero-order valence-electron chi connectivity index (χ0n) is 16.1. The third-order valence-corrected chi connectivity index (χ3v) is 4.17. The van der Waals surface area contributed by atoms with Crippen LogP contribution < -0.4 is 5.32 Å². The summed E-state index contributed by atoms with van der Waals surface area (Å²) in [6, 6.07) is 4.93. The number of aromatic nitrogens is 4. The van der Waals surface area contributed by atoms with Crippen LogP contribution in [0.25, 0.3) is 11.0 Å². The fourth-order valence-electron chi connectivity index (χ4n) is 2.82. The second kappa shape index (κ2) is 7.63. The Morgan fingerprint density at radius 2 is 2.04 bits per heavy atom. The van der Waals surface area contributed by atoms with Crippen molar-refractivity contribution in [2.75, 3.05) is 6.61 Å². The summed E-state index contributed by atoms with van der Waals surface area (Å²) < 4.78 is 8.39. The molecule has 0 spiro atoms. The summed E-state index contributed by atoms with van der Waals surface area (Å²) in [5.74, 6) is -1.95. The van der Waals surface area contributed by atoms with Crippen LogP contribution in [-0.4, -0.2) is 43.7 Å². The lowest BCUT2D eigenvalue weighted by molar-refractivity contribution is -0.123. The van der Waals surface area contributed by atoms with Gasteiger partial charge in [-0.05, 0) is 39.0 Å². The van der Waals surface area contributed by atoms with Gasteiger partial charge in [0.05, 0.1) is 17.1 Å². The molecule has 28 heavy (non-hydrogen) atoms. The molecule has 3 aromatic rings. The van der Waals surface area contributed by atoms with E-state index >= 15 is 0 Å². The summed E-state index contributed by atoms with van der Waals surface area (Å²) in [7, 11) is 1.69. The lowest BCUT2D eigenvalue weighted by atomic mass is 10.1. The number of pyridine rings is 1. The summed E-state index contributed by atoms with van der Waals surface area (Å²) in [5, 5.41) is 7.01. The van der Waals surface area contributed by atoms with E-state index in [0.717, 1.165) is 0 Å². The monoisotopic (exact) mass is 383 g/mol. The van der Waals surface area contributed by atoms with Gasteiger partial charge in [0.15, 0.2) is 12.3 Å². The Labute approximate surface area is 161 Å². The van der Waals surface area contributed by atoms with Crippen molar-refractivity contribution in [1.29, 1.82) is 0 Å². The smallest absolute Gasteiger partial charge is 0.339 e. The van der Waals surface area contributed by atoms with E-state index in [1.54, 1.807) is 53.8 Å². The number of aryl methyl sites for hydroxylation is 2. The topological polar surface area (TPSA) is 108 Å². The first-order valence-corrected chi connectivity index (χ1v) is 8.75. The number of carbonyl (C=O) groups excluding carboxylic acids is 3. The number of nitrogens with zero attached hydrogens (tertiary/aromatic N) is 4. The minimum Gasteiger partial charge on any atom is -0.452 e. The van der Waals surface area contributed by atoms with E-state index < -0.39 is 24.4 Å². The SMILES string of the molecule is Cc1cc(C(=O)OCC(=O)NC(=O)c2cccn2C)c2cnn(C(C)C)c2n1. The maximum Gasteiger partial charge on any atom is 0.339 e. The van der Waals surface area contributed by atoms with Crippen LogP contribution in [0.3, 0.4) is 0 Å². The minimum absolute atomic E-state index is 0.0740. The van der Waals surface area contributed by atoms with Crippen molar-refractivity contribution in [3.8, 4) is 0 Å². The number of hydrogen-bond donors (Lipinski definition) is 1. The number of hydrogen-bond acceptors (Lipinski definition) is 6. The Bertz CT molecular complexity index is 1060. The number of imide groups is 1. The fourth-order valence-corrected chi connectivity index (χ4v) is 2.82. The maximum absolute atomic E-state index is 12.5. The first-order chi connectivity index (χ1) is 13.3. The number of fused-ring (bicyclic) bond motifs is 1. The van der Waals surface area contributed by atoms with Gasteiger partial charge in [0, 0.05) is 25.0 Å². The molecular weight excluding hydrogens is 362 g/mol. The molecular formula is C19H21N5O4. The highest BCUT2D eigenvalue weighted by atomic mass is 16.5. The van der Waals surface area contributed by atoms with Crippen molar-refractivity contribution < 1.29 is 19.1 Å². The molecule has 3 heterocycles. The first kappa shape index (κ1) is 19.3. The molecule has 0 aliphatic heterocycles. The molecule has 0 unspecified atom stereocenters. The zero-order valence-corrected chi connectivity index (χ0v) is 16.1. The third-order valence-electron chi connectivity index (χ3n) is 4.17. The van der Waals surface area contributed by atoms with Crippen LogP contribution in [0.5, 0.6) is 0 Å². The van der Waals surface area contributed by atoms with E-state index in [2.05, 4.69) is 15.4 Å². The number of nitrogens with one attached hydrogen (secondary N) is 1. The molecule has 0 saturated heterocycles. The number of carbonyl (C=O) groups is 3. The molecule has 9 heteroatoms. The third kappa shape index (κ3) is 3.78. The first-order valence-electron chi connectivity index (χ1n) is 8.75. The Morgan fingerprint density at radius 3 is 2.68 bits per heavy atom. The van der Waals surface area contributed by atoms with Crippen LogP contribution in [0.15, 0.2) is 30.6 Å². The van der Waals surface area contributed by atoms with Gasteiger partial charge < -0.3 is 9.30 Å². The summed E-state index contributed by atoms with van der Waals surface area (Å²) >= 11 is 0. The number of esters is 1.